The smallest absolute Gasteiger partial charge is 0.225 e. The van der Waals surface area contributed by atoms with Crippen molar-refractivity contribution in [1.82, 2.24) is 19.9 Å². The number of fused-ring (bicyclic) bond motifs is 2. The van der Waals surface area contributed by atoms with Gasteiger partial charge in [-0.25, -0.2) is 15.0 Å². The minimum atomic E-state index is 0.167. The van der Waals surface area contributed by atoms with Crippen LogP contribution in [0.4, 0.5) is 5.95 Å². The summed E-state index contributed by atoms with van der Waals surface area (Å²) in [6.07, 6.45) is 6.72. The number of anilines is 1. The van der Waals surface area contributed by atoms with Gasteiger partial charge < -0.3 is 9.64 Å². The Morgan fingerprint density at radius 3 is 2.92 bits per heavy atom. The molecular weight excluding hydrogens is 326 g/mol. The Balaban J connectivity index is 1.57. The molecule has 1 spiro atoms. The molecule has 0 saturated carbocycles. The Bertz CT molecular complexity index is 790. The fourth-order valence-corrected chi connectivity index (χ4v) is 4.40. The van der Waals surface area contributed by atoms with E-state index in [1.807, 2.05) is 37.3 Å². The molecule has 0 N–H and O–H groups in total. The van der Waals surface area contributed by atoms with E-state index < -0.39 is 0 Å². The van der Waals surface area contributed by atoms with Gasteiger partial charge in [-0.2, -0.15) is 0 Å². The van der Waals surface area contributed by atoms with Crippen molar-refractivity contribution in [2.24, 2.45) is 0 Å². The third-order valence-electron chi connectivity index (χ3n) is 5.66. The van der Waals surface area contributed by atoms with Crippen LogP contribution in [-0.4, -0.2) is 54.1 Å². The maximum atomic E-state index is 5.27. The average Bonchev–Trinajstić information content (AvgIpc) is 2.99. The Morgan fingerprint density at radius 1 is 1.23 bits per heavy atom. The quantitative estimate of drug-likeness (QED) is 0.841. The zero-order chi connectivity index (χ0) is 18.1. The topological polar surface area (TPSA) is 54.4 Å². The molecule has 2 aliphatic rings. The van der Waals surface area contributed by atoms with Crippen LogP contribution in [0.1, 0.15) is 36.2 Å². The molecule has 3 heterocycles. The van der Waals surface area contributed by atoms with Crippen LogP contribution in [0.5, 0.6) is 5.88 Å². The number of aromatic nitrogens is 3. The highest BCUT2D eigenvalue weighted by atomic mass is 16.5. The Morgan fingerprint density at radius 2 is 2.12 bits per heavy atom. The van der Waals surface area contributed by atoms with Crippen molar-refractivity contribution >= 4 is 5.95 Å². The van der Waals surface area contributed by atoms with Gasteiger partial charge in [-0.1, -0.05) is 6.07 Å². The molecule has 1 aliphatic carbocycles. The summed E-state index contributed by atoms with van der Waals surface area (Å²) in [5.41, 5.74) is 3.84. The summed E-state index contributed by atoms with van der Waals surface area (Å²) < 4.78 is 5.27. The highest BCUT2D eigenvalue weighted by Crippen LogP contribution is 2.44. The molecule has 1 aliphatic heterocycles. The van der Waals surface area contributed by atoms with E-state index in [0.29, 0.717) is 5.88 Å². The van der Waals surface area contributed by atoms with Gasteiger partial charge in [-0.3, -0.25) is 4.90 Å². The number of piperidine rings is 1. The Labute approximate surface area is 155 Å². The van der Waals surface area contributed by atoms with Gasteiger partial charge >= 0.3 is 0 Å². The van der Waals surface area contributed by atoms with Crippen molar-refractivity contribution in [1.29, 1.82) is 0 Å². The number of methoxy groups -OCH3 is 1. The number of likely N-dealkylation sites (tertiary alicyclic amines) is 1. The number of hydrogen-bond acceptors (Lipinski definition) is 6. The minimum Gasteiger partial charge on any atom is -0.481 e. The van der Waals surface area contributed by atoms with Crippen molar-refractivity contribution in [3.8, 4) is 5.88 Å². The van der Waals surface area contributed by atoms with Gasteiger partial charge in [0.2, 0.25) is 11.8 Å². The van der Waals surface area contributed by atoms with Crippen LogP contribution in [0, 0.1) is 0 Å². The first kappa shape index (κ1) is 17.2. The molecule has 1 saturated heterocycles. The number of ether oxygens (including phenoxy) is 1. The van der Waals surface area contributed by atoms with Crippen molar-refractivity contribution in [2.75, 3.05) is 39.2 Å². The van der Waals surface area contributed by atoms with Gasteiger partial charge in [0, 0.05) is 44.9 Å². The van der Waals surface area contributed by atoms with E-state index in [1.54, 1.807) is 7.11 Å². The van der Waals surface area contributed by atoms with Gasteiger partial charge in [0.15, 0.2) is 0 Å². The highest BCUT2D eigenvalue weighted by Gasteiger charge is 2.43. The summed E-state index contributed by atoms with van der Waals surface area (Å²) in [4.78, 5) is 18.6. The lowest BCUT2D eigenvalue weighted by Gasteiger charge is -2.40. The van der Waals surface area contributed by atoms with Gasteiger partial charge in [0.05, 0.1) is 18.5 Å². The highest BCUT2D eigenvalue weighted by molar-refractivity contribution is 5.39. The van der Waals surface area contributed by atoms with Crippen LogP contribution in [-0.2, 0) is 18.4 Å². The maximum Gasteiger partial charge on any atom is 0.225 e. The number of hydrogen-bond donors (Lipinski definition) is 0. The minimum absolute atomic E-state index is 0.167. The average molecular weight is 353 g/mol. The molecule has 0 radical (unpaired) electrons. The SMILES string of the molecule is COc1cccc(CN2CCCC3(CCc4cnc(N(C)C)nc43)C2)n1. The molecule has 0 amide bonds. The summed E-state index contributed by atoms with van der Waals surface area (Å²) in [5, 5.41) is 0. The lowest BCUT2D eigenvalue weighted by molar-refractivity contribution is 0.135. The number of rotatable bonds is 4. The van der Waals surface area contributed by atoms with Gasteiger partial charge in [0.25, 0.3) is 0 Å². The van der Waals surface area contributed by atoms with E-state index >= 15 is 0 Å². The normalized spacial score (nSPS) is 22.4. The molecule has 0 bridgehead atoms. The molecule has 2 aromatic rings. The van der Waals surface area contributed by atoms with E-state index in [0.717, 1.165) is 37.7 Å². The van der Waals surface area contributed by atoms with E-state index in [-0.39, 0.29) is 5.41 Å². The summed E-state index contributed by atoms with van der Waals surface area (Å²) in [6, 6.07) is 6.00. The van der Waals surface area contributed by atoms with Crippen LogP contribution in [0.15, 0.2) is 24.4 Å². The first-order chi connectivity index (χ1) is 12.6. The lowest BCUT2D eigenvalue weighted by atomic mass is 9.77. The zero-order valence-electron chi connectivity index (χ0n) is 15.9. The van der Waals surface area contributed by atoms with Crippen LogP contribution in [0.3, 0.4) is 0 Å². The van der Waals surface area contributed by atoms with Crippen LogP contribution >= 0.6 is 0 Å². The van der Waals surface area contributed by atoms with E-state index in [1.165, 1.54) is 30.5 Å². The first-order valence-corrected chi connectivity index (χ1v) is 9.36. The Hall–Kier alpha value is -2.21. The molecule has 1 unspecified atom stereocenters. The second-order valence-corrected chi connectivity index (χ2v) is 7.70. The summed E-state index contributed by atoms with van der Waals surface area (Å²) in [7, 11) is 5.68. The molecule has 4 rings (SSSR count). The second-order valence-electron chi connectivity index (χ2n) is 7.70. The first-order valence-electron chi connectivity index (χ1n) is 9.36. The van der Waals surface area contributed by atoms with Gasteiger partial charge in [-0.15, -0.1) is 0 Å². The standard InChI is InChI=1S/C20H27N5O/c1-24(2)19-21-12-15-8-10-20(18(15)23-19)9-5-11-25(14-20)13-16-6-4-7-17(22-16)26-3/h4,6-7,12H,5,8-11,13-14H2,1-3H3. The largest absolute Gasteiger partial charge is 0.481 e. The van der Waals surface area contributed by atoms with Crippen molar-refractivity contribution in [2.45, 2.75) is 37.6 Å². The van der Waals surface area contributed by atoms with Crippen molar-refractivity contribution < 1.29 is 4.74 Å². The third-order valence-corrected chi connectivity index (χ3v) is 5.66. The third kappa shape index (κ3) is 3.14. The fraction of sp³-hybridized carbons (Fsp3) is 0.550. The molecular formula is C20H27N5O. The molecule has 138 valence electrons. The monoisotopic (exact) mass is 353 g/mol. The molecule has 6 nitrogen and oxygen atoms in total. The molecule has 1 atom stereocenters. The molecule has 6 heteroatoms. The van der Waals surface area contributed by atoms with Crippen LogP contribution < -0.4 is 9.64 Å². The van der Waals surface area contributed by atoms with Crippen molar-refractivity contribution in [3.63, 3.8) is 0 Å². The number of nitrogens with zero attached hydrogens (tertiary/aromatic N) is 5. The molecule has 1 fully saturated rings. The van der Waals surface area contributed by atoms with Gasteiger partial charge in [-0.05, 0) is 43.9 Å². The predicted octanol–water partition coefficient (Wildman–Crippen LogP) is 2.43. The van der Waals surface area contributed by atoms with Gasteiger partial charge in [0.1, 0.15) is 0 Å². The van der Waals surface area contributed by atoms with Crippen LogP contribution in [0.2, 0.25) is 0 Å². The summed E-state index contributed by atoms with van der Waals surface area (Å²) in [6.45, 7) is 3.02. The molecule has 26 heavy (non-hydrogen) atoms. The molecule has 0 aromatic carbocycles. The fourth-order valence-electron chi connectivity index (χ4n) is 4.40. The van der Waals surface area contributed by atoms with E-state index in [9.17, 15) is 0 Å². The summed E-state index contributed by atoms with van der Waals surface area (Å²) in [5.74, 6) is 1.50. The summed E-state index contributed by atoms with van der Waals surface area (Å²) >= 11 is 0. The molecule has 2 aromatic heterocycles. The predicted molar refractivity (Wildman–Crippen MR) is 102 cm³/mol. The van der Waals surface area contributed by atoms with Crippen molar-refractivity contribution in [3.05, 3.63) is 41.3 Å². The Kier molecular flexibility index (Phi) is 4.53. The number of aryl methyl sites for hydroxylation is 1. The maximum absolute atomic E-state index is 5.27. The van der Waals surface area contributed by atoms with E-state index in [4.69, 9.17) is 9.72 Å². The zero-order valence-corrected chi connectivity index (χ0v) is 15.9. The number of pyridine rings is 1. The van der Waals surface area contributed by atoms with Crippen LogP contribution in [0.25, 0.3) is 0 Å². The van der Waals surface area contributed by atoms with E-state index in [2.05, 4.69) is 20.9 Å². The second kappa shape index (κ2) is 6.83. The lowest BCUT2D eigenvalue weighted by Crippen LogP contribution is -2.45.